The quantitative estimate of drug-likeness (QED) is 0.396. The van der Waals surface area contributed by atoms with Crippen LogP contribution in [0.15, 0.2) is 42.5 Å². The molecule has 1 aliphatic heterocycles. The van der Waals surface area contributed by atoms with Gasteiger partial charge in [0.15, 0.2) is 0 Å². The molecule has 10 nitrogen and oxygen atoms in total. The van der Waals surface area contributed by atoms with Crippen molar-refractivity contribution >= 4 is 29.5 Å². The molecule has 3 rings (SSSR count). The van der Waals surface area contributed by atoms with Crippen molar-refractivity contribution in [1.29, 1.82) is 0 Å². The highest BCUT2D eigenvalue weighted by molar-refractivity contribution is 5.90. The molecule has 0 aromatic heterocycles. The van der Waals surface area contributed by atoms with Gasteiger partial charge in [-0.1, -0.05) is 24.3 Å². The second-order valence-corrected chi connectivity index (χ2v) is 8.24. The normalized spacial score (nSPS) is 15.9. The zero-order valence-corrected chi connectivity index (χ0v) is 19.3. The van der Waals surface area contributed by atoms with Crippen molar-refractivity contribution in [1.82, 2.24) is 10.6 Å². The van der Waals surface area contributed by atoms with E-state index < -0.39 is 35.9 Å². The second kappa shape index (κ2) is 11.4. The van der Waals surface area contributed by atoms with Crippen LogP contribution in [0.1, 0.15) is 25.3 Å². The summed E-state index contributed by atoms with van der Waals surface area (Å²) in [5.41, 5.74) is 12.9. The molecule has 2 aromatic rings. The lowest BCUT2D eigenvalue weighted by Crippen LogP contribution is -2.40. The Labute approximate surface area is 201 Å². The minimum atomic E-state index is -0.831. The summed E-state index contributed by atoms with van der Waals surface area (Å²) in [4.78, 5) is 47.4. The number of benzene rings is 2. The maximum Gasteiger partial charge on any atom is 0.414 e. The topological polar surface area (TPSA) is 157 Å². The number of hydrogen-bond donors (Lipinski definition) is 4. The number of ether oxygens (including phenoxy) is 1. The number of nitrogens with one attached hydrogen (secondary N) is 2. The molecule has 11 heteroatoms. The highest BCUT2D eigenvalue weighted by Crippen LogP contribution is 2.29. The zero-order chi connectivity index (χ0) is 25.5. The van der Waals surface area contributed by atoms with E-state index in [9.17, 15) is 23.6 Å². The van der Waals surface area contributed by atoms with Crippen LogP contribution in [-0.4, -0.2) is 49.1 Å². The van der Waals surface area contributed by atoms with Gasteiger partial charge in [-0.25, -0.2) is 9.18 Å². The number of amides is 4. The SMILES string of the molecule is CC(=O)NC[C@H]1CN(c2ccc(-c3ccc(CNC(=O)[C@@H](N)CCC(N)=O)cc3)c(F)c2)C(=O)O1. The summed E-state index contributed by atoms with van der Waals surface area (Å²) in [6.45, 7) is 1.98. The Kier molecular flexibility index (Phi) is 8.37. The molecule has 0 aliphatic carbocycles. The van der Waals surface area contributed by atoms with Crippen molar-refractivity contribution in [2.24, 2.45) is 11.5 Å². The van der Waals surface area contributed by atoms with Gasteiger partial charge in [0.25, 0.3) is 0 Å². The first-order valence-corrected chi connectivity index (χ1v) is 11.1. The molecule has 35 heavy (non-hydrogen) atoms. The number of carbonyl (C=O) groups is 4. The Morgan fingerprint density at radius 2 is 1.89 bits per heavy atom. The van der Waals surface area contributed by atoms with Crippen LogP contribution in [0.25, 0.3) is 11.1 Å². The number of carbonyl (C=O) groups excluding carboxylic acids is 4. The van der Waals surface area contributed by atoms with Crippen LogP contribution in [0.4, 0.5) is 14.9 Å². The Hall–Kier alpha value is -3.99. The molecule has 2 aromatic carbocycles. The summed E-state index contributed by atoms with van der Waals surface area (Å²) in [6.07, 6.45) is -0.918. The van der Waals surface area contributed by atoms with Crippen LogP contribution < -0.4 is 27.0 Å². The van der Waals surface area contributed by atoms with Gasteiger partial charge in [-0.3, -0.25) is 19.3 Å². The molecule has 0 bridgehead atoms. The van der Waals surface area contributed by atoms with Gasteiger partial charge in [0.05, 0.1) is 24.8 Å². The Balaban J connectivity index is 1.60. The predicted molar refractivity (Wildman–Crippen MR) is 126 cm³/mol. The van der Waals surface area contributed by atoms with Gasteiger partial charge in [-0.15, -0.1) is 0 Å². The fourth-order valence-electron chi connectivity index (χ4n) is 3.55. The van der Waals surface area contributed by atoms with Crippen molar-refractivity contribution in [3.63, 3.8) is 0 Å². The number of nitrogens with zero attached hydrogens (tertiary/aromatic N) is 1. The molecule has 1 heterocycles. The number of hydrogen-bond acceptors (Lipinski definition) is 6. The maximum absolute atomic E-state index is 14.9. The second-order valence-electron chi connectivity index (χ2n) is 8.24. The van der Waals surface area contributed by atoms with Crippen LogP contribution >= 0.6 is 0 Å². The number of anilines is 1. The smallest absolute Gasteiger partial charge is 0.414 e. The molecule has 4 amide bonds. The van der Waals surface area contributed by atoms with E-state index >= 15 is 0 Å². The number of primary amides is 1. The first kappa shape index (κ1) is 25.6. The largest absolute Gasteiger partial charge is 0.442 e. The number of nitrogens with two attached hydrogens (primary N) is 2. The van der Waals surface area contributed by atoms with Crippen LogP contribution in [0.3, 0.4) is 0 Å². The van der Waals surface area contributed by atoms with Crippen LogP contribution in [0, 0.1) is 5.82 Å². The van der Waals surface area contributed by atoms with Crippen molar-refractivity contribution in [2.45, 2.75) is 38.5 Å². The van der Waals surface area contributed by atoms with Gasteiger partial charge >= 0.3 is 6.09 Å². The molecular weight excluding hydrogens is 457 g/mol. The third-order valence-corrected chi connectivity index (χ3v) is 5.49. The predicted octanol–water partition coefficient (Wildman–Crippen LogP) is 1.16. The summed E-state index contributed by atoms with van der Waals surface area (Å²) in [5, 5.41) is 5.29. The van der Waals surface area contributed by atoms with Crippen molar-refractivity contribution in [2.75, 3.05) is 18.0 Å². The van der Waals surface area contributed by atoms with E-state index in [1.165, 1.54) is 17.9 Å². The summed E-state index contributed by atoms with van der Waals surface area (Å²) < 4.78 is 20.1. The van der Waals surface area contributed by atoms with E-state index in [4.69, 9.17) is 16.2 Å². The van der Waals surface area contributed by atoms with Gasteiger partial charge in [-0.05, 0) is 35.7 Å². The summed E-state index contributed by atoms with van der Waals surface area (Å²) in [7, 11) is 0. The number of halogens is 1. The van der Waals surface area contributed by atoms with Crippen LogP contribution in [-0.2, 0) is 25.7 Å². The highest BCUT2D eigenvalue weighted by atomic mass is 19.1. The van der Waals surface area contributed by atoms with Gasteiger partial charge in [-0.2, -0.15) is 0 Å². The fourth-order valence-corrected chi connectivity index (χ4v) is 3.55. The average molecular weight is 486 g/mol. The average Bonchev–Trinajstić information content (AvgIpc) is 3.20. The lowest BCUT2D eigenvalue weighted by Gasteiger charge is -2.15. The minimum absolute atomic E-state index is 0.0320. The van der Waals surface area contributed by atoms with E-state index in [1.807, 2.05) is 0 Å². The first-order valence-electron chi connectivity index (χ1n) is 11.1. The molecule has 0 radical (unpaired) electrons. The number of cyclic esters (lactones) is 1. The standard InChI is InChI=1S/C24H28FN5O5/c1-14(31)28-12-18-13-30(24(34)35-18)17-6-7-19(20(25)10-17)16-4-2-15(3-5-16)11-29-23(33)21(26)8-9-22(27)32/h2-7,10,18,21H,8-9,11-13,26H2,1H3,(H2,27,32)(H,28,31)(H,29,33)/t18-,21-/m0/s1. The van der Waals surface area contributed by atoms with Crippen molar-refractivity contribution in [3.8, 4) is 11.1 Å². The Morgan fingerprint density at radius 3 is 2.51 bits per heavy atom. The van der Waals surface area contributed by atoms with Crippen molar-refractivity contribution < 1.29 is 28.3 Å². The zero-order valence-electron chi connectivity index (χ0n) is 19.3. The molecule has 0 saturated carbocycles. The summed E-state index contributed by atoms with van der Waals surface area (Å²) in [5.74, 6) is -1.65. The van der Waals surface area contributed by atoms with E-state index in [2.05, 4.69) is 10.6 Å². The van der Waals surface area contributed by atoms with E-state index in [-0.39, 0.29) is 38.4 Å². The van der Waals surface area contributed by atoms with Gasteiger partial charge in [0.1, 0.15) is 11.9 Å². The maximum atomic E-state index is 14.9. The van der Waals surface area contributed by atoms with Gasteiger partial charge < -0.3 is 26.8 Å². The first-order chi connectivity index (χ1) is 16.6. The molecule has 0 unspecified atom stereocenters. The minimum Gasteiger partial charge on any atom is -0.442 e. The molecular formula is C24H28FN5O5. The lowest BCUT2D eigenvalue weighted by molar-refractivity contribution is -0.123. The molecule has 186 valence electrons. The van der Waals surface area contributed by atoms with E-state index in [1.54, 1.807) is 36.4 Å². The van der Waals surface area contributed by atoms with Gasteiger partial charge in [0, 0.05) is 25.5 Å². The van der Waals surface area contributed by atoms with Crippen molar-refractivity contribution in [3.05, 3.63) is 53.8 Å². The molecule has 2 atom stereocenters. The van der Waals surface area contributed by atoms with Crippen LogP contribution in [0.2, 0.25) is 0 Å². The van der Waals surface area contributed by atoms with E-state index in [0.717, 1.165) is 5.56 Å². The summed E-state index contributed by atoms with van der Waals surface area (Å²) >= 11 is 0. The molecule has 0 spiro atoms. The van der Waals surface area contributed by atoms with E-state index in [0.29, 0.717) is 16.8 Å². The molecule has 1 fully saturated rings. The Morgan fingerprint density at radius 1 is 1.17 bits per heavy atom. The Bertz CT molecular complexity index is 1110. The monoisotopic (exact) mass is 485 g/mol. The fraction of sp³-hybridized carbons (Fsp3) is 0.333. The summed E-state index contributed by atoms with van der Waals surface area (Å²) in [6, 6.07) is 10.6. The molecule has 1 aliphatic rings. The molecule has 1 saturated heterocycles. The molecule has 6 N–H and O–H groups in total. The van der Waals surface area contributed by atoms with Crippen LogP contribution in [0.5, 0.6) is 0 Å². The third-order valence-electron chi connectivity index (χ3n) is 5.49. The lowest BCUT2D eigenvalue weighted by atomic mass is 10.0. The third kappa shape index (κ3) is 7.00. The van der Waals surface area contributed by atoms with Gasteiger partial charge in [0.2, 0.25) is 17.7 Å². The highest BCUT2D eigenvalue weighted by Gasteiger charge is 2.32. The number of rotatable bonds is 10.